The van der Waals surface area contributed by atoms with Crippen molar-refractivity contribution in [3.8, 4) is 56.3 Å². The highest BCUT2D eigenvalue weighted by molar-refractivity contribution is 6.13. The first-order valence-corrected chi connectivity index (χ1v) is 24.8. The van der Waals surface area contributed by atoms with E-state index in [1.165, 1.54) is 60.4 Å². The van der Waals surface area contributed by atoms with Gasteiger partial charge in [-0.15, -0.1) is 13.2 Å². The number of para-hydroxylation sites is 2. The maximum atomic E-state index is 5.40. The number of allylic oxidation sites excluding steroid dienone is 6. The summed E-state index contributed by atoms with van der Waals surface area (Å²) in [7, 11) is 0. The summed E-state index contributed by atoms with van der Waals surface area (Å²) in [4.78, 5) is 10.8. The van der Waals surface area contributed by atoms with Crippen LogP contribution in [0.1, 0.15) is 53.1 Å². The van der Waals surface area contributed by atoms with Crippen molar-refractivity contribution in [3.05, 3.63) is 247 Å². The second-order valence-corrected chi connectivity index (χ2v) is 19.1. The monoisotopic (exact) mass is 914 g/mol. The molecule has 8 aromatic carbocycles. The third-order valence-electron chi connectivity index (χ3n) is 14.4. The number of fused-ring (bicyclic) bond motifs is 6. The van der Waals surface area contributed by atoms with E-state index in [1.807, 2.05) is 6.08 Å². The van der Waals surface area contributed by atoms with Crippen LogP contribution in [0.2, 0.25) is 0 Å². The molecule has 11 aromatic rings. The van der Waals surface area contributed by atoms with Crippen LogP contribution >= 0.6 is 0 Å². The highest BCUT2D eigenvalue weighted by Crippen LogP contribution is 2.46. The van der Waals surface area contributed by atoms with E-state index in [0.717, 1.165) is 80.0 Å². The molecule has 4 nitrogen and oxygen atoms in total. The molecule has 0 amide bonds. The molecule has 0 saturated heterocycles. The fraction of sp³-hybridized carbons (Fsp3) is 0.104. The summed E-state index contributed by atoms with van der Waals surface area (Å²) in [5, 5.41) is 4.84. The van der Waals surface area contributed by atoms with Gasteiger partial charge in [-0.25, -0.2) is 9.97 Å². The fourth-order valence-corrected chi connectivity index (χ4v) is 11.4. The predicted octanol–water partition coefficient (Wildman–Crippen LogP) is 17.8. The summed E-state index contributed by atoms with van der Waals surface area (Å²) in [6.45, 7) is 15.4. The first-order valence-electron chi connectivity index (χ1n) is 24.8. The molecule has 0 aliphatic heterocycles. The van der Waals surface area contributed by atoms with Gasteiger partial charge in [0, 0.05) is 49.8 Å². The molecule has 0 bridgehead atoms. The summed E-state index contributed by atoms with van der Waals surface area (Å²) in [5.41, 5.74) is 21.4. The van der Waals surface area contributed by atoms with Crippen LogP contribution in [0, 0.1) is 20.8 Å². The van der Waals surface area contributed by atoms with E-state index in [2.05, 4.69) is 243 Å². The lowest BCUT2D eigenvalue weighted by molar-refractivity contribution is 0.856. The van der Waals surface area contributed by atoms with Crippen LogP contribution in [0.5, 0.6) is 0 Å². The summed E-state index contributed by atoms with van der Waals surface area (Å²) in [5.74, 6) is 0.603. The number of hydrogen-bond donors (Lipinski definition) is 0. The first kappa shape index (κ1) is 43.7. The van der Waals surface area contributed by atoms with Gasteiger partial charge in [0.15, 0.2) is 5.82 Å². The van der Waals surface area contributed by atoms with E-state index >= 15 is 0 Å². The molecule has 1 aliphatic carbocycles. The smallest absolute Gasteiger partial charge is 0.160 e. The minimum absolute atomic E-state index is 0.0767. The zero-order valence-corrected chi connectivity index (χ0v) is 40.5. The molecule has 1 atom stereocenters. The topological polar surface area (TPSA) is 35.6 Å². The molecule has 0 N–H and O–H groups in total. The molecule has 3 aromatic heterocycles. The Morgan fingerprint density at radius 2 is 1.15 bits per heavy atom. The van der Waals surface area contributed by atoms with Crippen LogP contribution in [-0.2, 0) is 0 Å². The van der Waals surface area contributed by atoms with Gasteiger partial charge in [-0.3, -0.25) is 0 Å². The van der Waals surface area contributed by atoms with E-state index in [1.54, 1.807) is 0 Å². The van der Waals surface area contributed by atoms with E-state index < -0.39 is 0 Å². The Kier molecular flexibility index (Phi) is 11.1. The number of aromatic nitrogens is 4. The van der Waals surface area contributed by atoms with Crippen LogP contribution in [-0.4, -0.2) is 19.1 Å². The van der Waals surface area contributed by atoms with Crippen LogP contribution in [0.4, 0.5) is 0 Å². The van der Waals surface area contributed by atoms with Crippen molar-refractivity contribution in [3.63, 3.8) is 0 Å². The minimum atomic E-state index is -0.0767. The first-order chi connectivity index (χ1) is 34.9. The summed E-state index contributed by atoms with van der Waals surface area (Å²) >= 11 is 0. The maximum Gasteiger partial charge on any atom is 0.160 e. The van der Waals surface area contributed by atoms with Crippen molar-refractivity contribution in [2.45, 2.75) is 46.0 Å². The van der Waals surface area contributed by atoms with Crippen molar-refractivity contribution in [1.82, 2.24) is 19.1 Å². The van der Waals surface area contributed by atoms with Gasteiger partial charge in [-0.1, -0.05) is 151 Å². The van der Waals surface area contributed by atoms with E-state index in [-0.39, 0.29) is 5.92 Å². The van der Waals surface area contributed by atoms with Gasteiger partial charge < -0.3 is 9.13 Å². The van der Waals surface area contributed by atoms with Gasteiger partial charge in [-0.05, 0) is 140 Å². The summed E-state index contributed by atoms with van der Waals surface area (Å²) in [6.07, 6.45) is 13.6. The molecule has 0 saturated carbocycles. The number of hydrogen-bond acceptors (Lipinski definition) is 2. The summed E-state index contributed by atoms with van der Waals surface area (Å²) < 4.78 is 4.94. The van der Waals surface area contributed by atoms with E-state index in [0.29, 0.717) is 12.2 Å². The Hall–Kier alpha value is -8.60. The molecular formula is C67H54N4. The van der Waals surface area contributed by atoms with Crippen molar-refractivity contribution < 1.29 is 0 Å². The van der Waals surface area contributed by atoms with Crippen molar-refractivity contribution >= 4 is 49.2 Å². The Balaban J connectivity index is 1.18. The number of nitrogens with zero attached hydrogens (tertiary/aromatic N) is 4. The maximum absolute atomic E-state index is 5.40. The van der Waals surface area contributed by atoms with Gasteiger partial charge in [0.1, 0.15) is 0 Å². The van der Waals surface area contributed by atoms with Gasteiger partial charge in [0.25, 0.3) is 0 Å². The van der Waals surface area contributed by atoms with E-state index in [9.17, 15) is 0 Å². The third-order valence-corrected chi connectivity index (χ3v) is 14.4. The van der Waals surface area contributed by atoms with E-state index in [4.69, 9.17) is 9.97 Å². The van der Waals surface area contributed by atoms with Crippen LogP contribution in [0.3, 0.4) is 0 Å². The van der Waals surface area contributed by atoms with Gasteiger partial charge in [-0.2, -0.15) is 0 Å². The fourth-order valence-electron chi connectivity index (χ4n) is 11.4. The molecule has 12 rings (SSSR count). The van der Waals surface area contributed by atoms with Gasteiger partial charge in [0.05, 0.1) is 39.1 Å². The molecule has 0 spiro atoms. The molecule has 4 heteroatoms. The quantitative estimate of drug-likeness (QED) is 0.121. The molecule has 3 heterocycles. The highest BCUT2D eigenvalue weighted by Gasteiger charge is 2.26. The molecule has 71 heavy (non-hydrogen) atoms. The van der Waals surface area contributed by atoms with Crippen LogP contribution < -0.4 is 0 Å². The van der Waals surface area contributed by atoms with Gasteiger partial charge in [0.2, 0.25) is 0 Å². The van der Waals surface area contributed by atoms with Crippen molar-refractivity contribution in [2.75, 3.05) is 0 Å². The molecule has 0 fully saturated rings. The molecule has 342 valence electrons. The lowest BCUT2D eigenvalue weighted by Gasteiger charge is -2.24. The Morgan fingerprint density at radius 3 is 1.82 bits per heavy atom. The minimum Gasteiger partial charge on any atom is -0.309 e. The van der Waals surface area contributed by atoms with Crippen LogP contribution in [0.25, 0.3) is 105 Å². The highest BCUT2D eigenvalue weighted by atomic mass is 15.0. The molecule has 1 unspecified atom stereocenters. The molecular weight excluding hydrogens is 861 g/mol. The number of rotatable bonds is 11. The molecule has 1 aliphatic rings. The lowest BCUT2D eigenvalue weighted by Crippen LogP contribution is -2.08. The third kappa shape index (κ3) is 7.64. The average Bonchev–Trinajstić information content (AvgIpc) is 3.92. The average molecular weight is 915 g/mol. The Morgan fingerprint density at radius 1 is 0.535 bits per heavy atom. The van der Waals surface area contributed by atoms with Crippen LogP contribution in [0.15, 0.2) is 219 Å². The number of benzene rings is 8. The lowest BCUT2D eigenvalue weighted by atomic mass is 9.87. The largest absolute Gasteiger partial charge is 0.309 e. The SMILES string of the molecule is C=CCC(C=C)c1cc(-c2nc(C3=CCCC=C3)cc(-c3ccccc3)n2)cc(-c2ccccc2)c1-n1c2ccc(-c3c(C)cc(C)cc3C)cc2c2cc(-n3c4ccccc4c4ccccc43)ccc21. The Labute approximate surface area is 415 Å². The Bertz CT molecular complexity index is 3900. The van der Waals surface area contributed by atoms with Crippen molar-refractivity contribution in [1.29, 1.82) is 0 Å². The molecule has 0 radical (unpaired) electrons. The second-order valence-electron chi connectivity index (χ2n) is 19.1. The standard InChI is InChI=1S/C67H54N4/c1-6-21-46(7-2)55-39-51(67-68-59(48-24-13-9-14-25-48)42-60(69-67)49-26-15-10-16-27-49)40-56(47-22-11-8-12-23-47)66(55)71-63-34-32-50(65-44(4)36-43(3)37-45(65)5)38-57(63)58-41-52(33-35-64(58)71)70-61-30-19-17-28-53(61)54-29-18-20-31-62(54)70/h6-9,11-15,17-20,22-42,46H,1-2,10,16,21H2,3-5H3. The second kappa shape index (κ2) is 18.0. The van der Waals surface area contributed by atoms with Crippen molar-refractivity contribution in [2.24, 2.45) is 0 Å². The number of aryl methyl sites for hydroxylation is 3. The zero-order chi connectivity index (χ0) is 48.2. The van der Waals surface area contributed by atoms with Gasteiger partial charge >= 0.3 is 0 Å². The summed E-state index contributed by atoms with van der Waals surface area (Å²) in [6, 6.07) is 64.3. The zero-order valence-electron chi connectivity index (χ0n) is 40.5. The normalized spacial score (nSPS) is 13.0. The predicted molar refractivity (Wildman–Crippen MR) is 301 cm³/mol.